The molecule has 0 saturated heterocycles. The van der Waals surface area contributed by atoms with Crippen LogP contribution in [0.15, 0.2) is 23.8 Å². The Bertz CT molecular complexity index is 935. The van der Waals surface area contributed by atoms with Crippen molar-refractivity contribution in [1.29, 1.82) is 0 Å². The molecule has 1 unspecified atom stereocenters. The van der Waals surface area contributed by atoms with E-state index in [1.807, 2.05) is 19.9 Å². The highest BCUT2D eigenvalue weighted by Crippen LogP contribution is 2.55. The van der Waals surface area contributed by atoms with Gasteiger partial charge in [-0.2, -0.15) is 0 Å². The van der Waals surface area contributed by atoms with E-state index in [-0.39, 0.29) is 29.6 Å². The molecule has 1 aliphatic heterocycles. The smallest absolute Gasteiger partial charge is 0.331 e. The predicted molar refractivity (Wildman–Crippen MR) is 123 cm³/mol. The third kappa shape index (κ3) is 5.60. The number of allylic oxidation sites excluding steroid dienone is 1. The lowest BCUT2D eigenvalue weighted by atomic mass is 9.66. The SMILES string of the molecule is CC(C)(CCCCCCO[N+](=O)[O-])c1cc(O)c2c(c1)OC(C)(C)C1CC=C(C(=O)O)C[C@@H]21. The van der Waals surface area contributed by atoms with Crippen LogP contribution in [0.25, 0.3) is 0 Å². The normalized spacial score (nSPS) is 21.3. The highest BCUT2D eigenvalue weighted by Gasteiger charge is 2.47. The molecule has 182 valence electrons. The maximum absolute atomic E-state index is 11.6. The number of phenols is 1. The highest BCUT2D eigenvalue weighted by molar-refractivity contribution is 5.87. The third-order valence-corrected chi connectivity index (χ3v) is 7.25. The van der Waals surface area contributed by atoms with Gasteiger partial charge in [-0.05, 0) is 62.6 Å². The Morgan fingerprint density at radius 1 is 1.27 bits per heavy atom. The van der Waals surface area contributed by atoms with E-state index in [9.17, 15) is 25.1 Å². The summed E-state index contributed by atoms with van der Waals surface area (Å²) in [6.45, 7) is 8.46. The molecule has 1 heterocycles. The summed E-state index contributed by atoms with van der Waals surface area (Å²) in [7, 11) is 0. The van der Waals surface area contributed by atoms with Crippen molar-refractivity contribution in [3.63, 3.8) is 0 Å². The zero-order chi connectivity index (χ0) is 24.4. The largest absolute Gasteiger partial charge is 0.508 e. The zero-order valence-electron chi connectivity index (χ0n) is 19.9. The number of fused-ring (bicyclic) bond motifs is 3. The average Bonchev–Trinajstić information content (AvgIpc) is 2.71. The van der Waals surface area contributed by atoms with Gasteiger partial charge in [0.2, 0.25) is 0 Å². The molecule has 2 N–H and O–H groups in total. The summed E-state index contributed by atoms with van der Waals surface area (Å²) in [5.41, 5.74) is 1.42. The second-order valence-corrected chi connectivity index (χ2v) is 10.4. The number of carboxylic acid groups (broad SMARTS) is 1. The van der Waals surface area contributed by atoms with Crippen LogP contribution in [-0.4, -0.2) is 33.5 Å². The Hall–Kier alpha value is -2.77. The molecule has 1 aliphatic carbocycles. The van der Waals surface area contributed by atoms with Crippen LogP contribution in [-0.2, 0) is 15.0 Å². The van der Waals surface area contributed by atoms with Crippen molar-refractivity contribution in [1.82, 2.24) is 0 Å². The van der Waals surface area contributed by atoms with Gasteiger partial charge in [0.25, 0.3) is 5.09 Å². The molecule has 0 amide bonds. The van der Waals surface area contributed by atoms with Crippen LogP contribution in [0.2, 0.25) is 0 Å². The maximum atomic E-state index is 11.6. The molecule has 1 aromatic rings. The topological polar surface area (TPSA) is 119 Å². The number of rotatable bonds is 10. The van der Waals surface area contributed by atoms with E-state index in [2.05, 4.69) is 18.7 Å². The van der Waals surface area contributed by atoms with Crippen molar-refractivity contribution >= 4 is 5.97 Å². The van der Waals surface area contributed by atoms with Crippen LogP contribution in [0.4, 0.5) is 0 Å². The van der Waals surface area contributed by atoms with Gasteiger partial charge in [-0.1, -0.05) is 39.2 Å². The van der Waals surface area contributed by atoms with Gasteiger partial charge in [-0.15, -0.1) is 10.1 Å². The van der Waals surface area contributed by atoms with E-state index in [1.165, 1.54) is 0 Å². The zero-order valence-corrected chi connectivity index (χ0v) is 19.9. The average molecular weight is 462 g/mol. The van der Waals surface area contributed by atoms with Gasteiger partial charge in [-0.25, -0.2) is 4.79 Å². The van der Waals surface area contributed by atoms with Crippen molar-refractivity contribution in [2.24, 2.45) is 5.92 Å². The molecule has 0 bridgehead atoms. The summed E-state index contributed by atoms with van der Waals surface area (Å²) in [5.74, 6) is -0.0884. The molecule has 0 spiro atoms. The molecule has 0 saturated carbocycles. The number of carbonyl (C=O) groups is 1. The molecule has 0 aromatic heterocycles. The van der Waals surface area contributed by atoms with Crippen LogP contribution in [0.3, 0.4) is 0 Å². The number of aromatic hydroxyl groups is 1. The first-order valence-corrected chi connectivity index (χ1v) is 11.7. The molecule has 2 atom stereocenters. The number of unbranched alkanes of at least 4 members (excludes halogenated alkanes) is 3. The number of ether oxygens (including phenoxy) is 1. The molecule has 33 heavy (non-hydrogen) atoms. The first-order valence-electron chi connectivity index (χ1n) is 11.7. The molecule has 8 heteroatoms. The Balaban J connectivity index is 1.74. The lowest BCUT2D eigenvalue weighted by molar-refractivity contribution is -0.757. The molecule has 3 rings (SSSR count). The number of hydrogen-bond donors (Lipinski definition) is 2. The molecule has 0 fully saturated rings. The van der Waals surface area contributed by atoms with Crippen LogP contribution in [0.1, 0.15) is 89.7 Å². The van der Waals surface area contributed by atoms with Crippen LogP contribution >= 0.6 is 0 Å². The maximum Gasteiger partial charge on any atom is 0.331 e. The van der Waals surface area contributed by atoms with Gasteiger partial charge < -0.3 is 19.8 Å². The summed E-state index contributed by atoms with van der Waals surface area (Å²) >= 11 is 0. The first-order chi connectivity index (χ1) is 15.4. The lowest BCUT2D eigenvalue weighted by Crippen LogP contribution is -2.46. The van der Waals surface area contributed by atoms with E-state index in [0.717, 1.165) is 36.8 Å². The second-order valence-electron chi connectivity index (χ2n) is 10.4. The fourth-order valence-corrected chi connectivity index (χ4v) is 5.27. The first kappa shape index (κ1) is 24.9. The summed E-state index contributed by atoms with van der Waals surface area (Å²) in [6.07, 6.45) is 7.08. The molecule has 2 aliphatic rings. The van der Waals surface area contributed by atoms with Crippen LogP contribution in [0.5, 0.6) is 11.5 Å². The van der Waals surface area contributed by atoms with Crippen molar-refractivity contribution in [3.05, 3.63) is 45.0 Å². The summed E-state index contributed by atoms with van der Waals surface area (Å²) in [4.78, 5) is 26.1. The van der Waals surface area contributed by atoms with E-state index in [1.54, 1.807) is 12.1 Å². The van der Waals surface area contributed by atoms with Gasteiger partial charge in [0, 0.05) is 23.0 Å². The minimum absolute atomic E-state index is 0.0946. The monoisotopic (exact) mass is 461 g/mol. The fraction of sp³-hybridized carbons (Fsp3) is 0.640. The van der Waals surface area contributed by atoms with Gasteiger partial charge in [0.15, 0.2) is 0 Å². The molecular weight excluding hydrogens is 426 g/mol. The Morgan fingerprint density at radius 3 is 2.64 bits per heavy atom. The number of hydrogen-bond acceptors (Lipinski definition) is 6. The van der Waals surface area contributed by atoms with Gasteiger partial charge >= 0.3 is 5.97 Å². The lowest BCUT2D eigenvalue weighted by Gasteiger charge is -2.47. The minimum Gasteiger partial charge on any atom is -0.508 e. The van der Waals surface area contributed by atoms with Crippen molar-refractivity contribution in [2.75, 3.05) is 6.61 Å². The van der Waals surface area contributed by atoms with Crippen molar-refractivity contribution in [3.8, 4) is 11.5 Å². The summed E-state index contributed by atoms with van der Waals surface area (Å²) in [6, 6.07) is 3.82. The van der Waals surface area contributed by atoms with E-state index in [0.29, 0.717) is 30.6 Å². The standard InChI is InChI=1S/C25H35NO7/c1-24(2,11-7-5-6-8-12-32-26(30)31)17-14-20(27)22-18-13-16(23(28)29)9-10-19(18)25(3,4)33-21(22)15-17/h9,14-15,18-19,27H,5-8,10-13H2,1-4H3,(H,28,29)/t18-,19?/m1/s1. The summed E-state index contributed by atoms with van der Waals surface area (Å²) in [5, 5.41) is 30.0. The van der Waals surface area contributed by atoms with Gasteiger partial charge in [0.05, 0.1) is 6.61 Å². The number of nitrogens with zero attached hydrogens (tertiary/aromatic N) is 1. The second kappa shape index (κ2) is 9.61. The van der Waals surface area contributed by atoms with Gasteiger partial charge in [-0.3, -0.25) is 0 Å². The van der Waals surface area contributed by atoms with E-state index >= 15 is 0 Å². The Morgan fingerprint density at radius 2 is 1.97 bits per heavy atom. The molecular formula is C25H35NO7. The van der Waals surface area contributed by atoms with E-state index < -0.39 is 16.7 Å². The van der Waals surface area contributed by atoms with Crippen molar-refractivity contribution in [2.45, 2.75) is 89.6 Å². The van der Waals surface area contributed by atoms with Crippen molar-refractivity contribution < 1.29 is 29.7 Å². The van der Waals surface area contributed by atoms with Crippen LogP contribution in [0, 0.1) is 16.0 Å². The Labute approximate surface area is 194 Å². The Kier molecular flexibility index (Phi) is 7.24. The van der Waals surface area contributed by atoms with Gasteiger partial charge in [0.1, 0.15) is 17.1 Å². The fourth-order valence-electron chi connectivity index (χ4n) is 5.27. The number of carboxylic acids is 1. The van der Waals surface area contributed by atoms with Crippen LogP contribution < -0.4 is 4.74 Å². The predicted octanol–water partition coefficient (Wildman–Crippen LogP) is 5.50. The minimum atomic E-state index is -0.901. The molecule has 8 nitrogen and oxygen atoms in total. The number of phenolic OH excluding ortho intramolecular Hbond substituents is 1. The quantitative estimate of drug-likeness (QED) is 0.268. The summed E-state index contributed by atoms with van der Waals surface area (Å²) < 4.78 is 6.38. The number of aliphatic carboxylic acids is 1. The molecule has 1 aromatic carbocycles. The van der Waals surface area contributed by atoms with E-state index in [4.69, 9.17) is 4.74 Å². The highest BCUT2D eigenvalue weighted by atomic mass is 16.9. The number of benzene rings is 1. The molecule has 0 radical (unpaired) electrons. The third-order valence-electron chi connectivity index (χ3n) is 7.25.